The van der Waals surface area contributed by atoms with E-state index in [0.29, 0.717) is 5.88 Å². The zero-order valence-corrected chi connectivity index (χ0v) is 5.47. The average Bonchev–Trinajstić information content (AvgIpc) is 1.90. The maximum absolute atomic E-state index is 4.79. The quantitative estimate of drug-likeness (QED) is 0.595. The first-order valence-corrected chi connectivity index (χ1v) is 2.21. The van der Waals surface area contributed by atoms with E-state index in [1.54, 1.807) is 24.4 Å². The van der Waals surface area contributed by atoms with Gasteiger partial charge in [-0.1, -0.05) is 6.07 Å². The molecule has 0 spiro atoms. The van der Waals surface area contributed by atoms with Crippen LogP contribution in [0.5, 0.6) is 5.88 Å². The molecule has 0 fully saturated rings. The van der Waals surface area contributed by atoms with Gasteiger partial charge in [-0.05, 0) is 6.07 Å². The van der Waals surface area contributed by atoms with E-state index >= 15 is 0 Å². The highest BCUT2D eigenvalue weighted by molar-refractivity contribution is 5.85. The third-order valence-electron chi connectivity index (χ3n) is 0.759. The smallest absolute Gasteiger partial charge is 0.237 e. The first kappa shape index (κ1) is 8.20. The highest BCUT2D eigenvalue weighted by Gasteiger charge is 1.83. The molecule has 0 radical (unpaired) electrons. The van der Waals surface area contributed by atoms with Crippen molar-refractivity contribution in [2.75, 3.05) is 0 Å². The van der Waals surface area contributed by atoms with Gasteiger partial charge in [-0.15, -0.1) is 12.4 Å². The van der Waals surface area contributed by atoms with Crippen LogP contribution in [-0.4, -0.2) is 4.98 Å². The summed E-state index contributed by atoms with van der Waals surface area (Å²) in [5.41, 5.74) is 0. The second-order valence-electron chi connectivity index (χ2n) is 1.29. The number of pyridine rings is 1. The van der Waals surface area contributed by atoms with Crippen molar-refractivity contribution in [1.82, 2.24) is 4.98 Å². The molecular weight excluding hydrogens is 140 g/mol. The van der Waals surface area contributed by atoms with Crippen molar-refractivity contribution in [1.29, 1.82) is 0 Å². The highest BCUT2D eigenvalue weighted by Crippen LogP contribution is 1.98. The van der Waals surface area contributed by atoms with Crippen LogP contribution < -0.4 is 10.7 Å². The largest absolute Gasteiger partial charge is 0.391 e. The maximum Gasteiger partial charge on any atom is 0.237 e. The van der Waals surface area contributed by atoms with Crippen molar-refractivity contribution in [2.24, 2.45) is 5.90 Å². The molecule has 0 aliphatic carbocycles. The fourth-order valence-corrected chi connectivity index (χ4v) is 0.417. The van der Waals surface area contributed by atoms with E-state index in [9.17, 15) is 0 Å². The van der Waals surface area contributed by atoms with Gasteiger partial charge in [-0.2, -0.15) is 5.90 Å². The normalized spacial score (nSPS) is 7.67. The molecule has 50 valence electrons. The van der Waals surface area contributed by atoms with Crippen LogP contribution in [0, 0.1) is 0 Å². The van der Waals surface area contributed by atoms with E-state index in [1.807, 2.05) is 0 Å². The topological polar surface area (TPSA) is 48.1 Å². The molecule has 3 nitrogen and oxygen atoms in total. The zero-order chi connectivity index (χ0) is 5.82. The van der Waals surface area contributed by atoms with E-state index in [4.69, 9.17) is 5.90 Å². The molecule has 4 heteroatoms. The summed E-state index contributed by atoms with van der Waals surface area (Å²) in [5.74, 6) is 5.22. The molecule has 0 atom stereocenters. The van der Waals surface area contributed by atoms with Gasteiger partial charge in [0.1, 0.15) is 0 Å². The van der Waals surface area contributed by atoms with Crippen LogP contribution >= 0.6 is 12.4 Å². The van der Waals surface area contributed by atoms with Crippen LogP contribution in [0.3, 0.4) is 0 Å². The van der Waals surface area contributed by atoms with Gasteiger partial charge in [0.05, 0.1) is 0 Å². The molecule has 0 saturated heterocycles. The van der Waals surface area contributed by atoms with Gasteiger partial charge in [0.2, 0.25) is 5.88 Å². The third kappa shape index (κ3) is 2.30. The Hall–Kier alpha value is -0.800. The van der Waals surface area contributed by atoms with Crippen molar-refractivity contribution in [3.8, 4) is 5.88 Å². The molecule has 0 aromatic carbocycles. The van der Waals surface area contributed by atoms with Crippen LogP contribution in [-0.2, 0) is 0 Å². The van der Waals surface area contributed by atoms with E-state index in [-0.39, 0.29) is 12.4 Å². The van der Waals surface area contributed by atoms with Crippen molar-refractivity contribution >= 4 is 12.4 Å². The number of halogens is 1. The predicted octanol–water partition coefficient (Wildman–Crippen LogP) is 0.756. The van der Waals surface area contributed by atoms with E-state index in [1.165, 1.54) is 0 Å². The number of hydrogen-bond acceptors (Lipinski definition) is 3. The maximum atomic E-state index is 4.79. The fourth-order valence-electron chi connectivity index (χ4n) is 0.417. The van der Waals surface area contributed by atoms with Crippen LogP contribution in [0.25, 0.3) is 0 Å². The minimum atomic E-state index is 0. The van der Waals surface area contributed by atoms with Crippen LogP contribution in [0.4, 0.5) is 0 Å². The minimum Gasteiger partial charge on any atom is -0.391 e. The summed E-state index contributed by atoms with van der Waals surface area (Å²) >= 11 is 0. The van der Waals surface area contributed by atoms with Crippen molar-refractivity contribution < 1.29 is 4.84 Å². The van der Waals surface area contributed by atoms with E-state index in [2.05, 4.69) is 9.82 Å². The monoisotopic (exact) mass is 146 g/mol. The molecule has 0 aliphatic heterocycles. The number of rotatable bonds is 1. The molecular formula is C5H7ClN2O. The Morgan fingerprint density at radius 3 is 2.56 bits per heavy atom. The Morgan fingerprint density at radius 1 is 1.44 bits per heavy atom. The number of aromatic nitrogens is 1. The van der Waals surface area contributed by atoms with E-state index in [0.717, 1.165) is 0 Å². The summed E-state index contributed by atoms with van der Waals surface area (Å²) in [4.78, 5) is 8.05. The SMILES string of the molecule is Cl.NOc1ccccn1. The molecule has 1 rings (SSSR count). The minimum absolute atomic E-state index is 0. The first-order chi connectivity index (χ1) is 3.93. The summed E-state index contributed by atoms with van der Waals surface area (Å²) in [6.45, 7) is 0. The fraction of sp³-hybridized carbons (Fsp3) is 0. The highest BCUT2D eigenvalue weighted by atomic mass is 35.5. The lowest BCUT2D eigenvalue weighted by molar-refractivity contribution is 0.321. The van der Waals surface area contributed by atoms with Gasteiger partial charge in [0.25, 0.3) is 0 Å². The summed E-state index contributed by atoms with van der Waals surface area (Å²) < 4.78 is 0. The number of nitrogens with two attached hydrogens (primary N) is 1. The third-order valence-corrected chi connectivity index (χ3v) is 0.759. The predicted molar refractivity (Wildman–Crippen MR) is 36.3 cm³/mol. The molecule has 2 N–H and O–H groups in total. The Kier molecular flexibility index (Phi) is 3.75. The molecule has 0 amide bonds. The average molecular weight is 147 g/mol. The van der Waals surface area contributed by atoms with Gasteiger partial charge >= 0.3 is 0 Å². The number of nitrogens with zero attached hydrogens (tertiary/aromatic N) is 1. The Morgan fingerprint density at radius 2 is 2.22 bits per heavy atom. The molecule has 0 bridgehead atoms. The Bertz CT molecular complexity index is 156. The standard InChI is InChI=1S/C5H6N2O.ClH/c6-8-5-3-1-2-4-7-5;/h1-4H,6H2;1H. The van der Waals surface area contributed by atoms with Gasteiger partial charge in [0, 0.05) is 12.3 Å². The van der Waals surface area contributed by atoms with Gasteiger partial charge in [-0.25, -0.2) is 4.98 Å². The molecule has 1 aromatic heterocycles. The molecule has 1 heterocycles. The first-order valence-electron chi connectivity index (χ1n) is 2.21. The molecule has 0 unspecified atom stereocenters. The molecule has 0 aliphatic rings. The zero-order valence-electron chi connectivity index (χ0n) is 4.65. The van der Waals surface area contributed by atoms with Gasteiger partial charge in [0.15, 0.2) is 0 Å². The summed E-state index contributed by atoms with van der Waals surface area (Å²) in [7, 11) is 0. The summed E-state index contributed by atoms with van der Waals surface area (Å²) in [6, 6.07) is 5.28. The second kappa shape index (κ2) is 4.12. The van der Waals surface area contributed by atoms with Crippen molar-refractivity contribution in [2.45, 2.75) is 0 Å². The Balaban J connectivity index is 0.000000640. The lowest BCUT2D eigenvalue weighted by Crippen LogP contribution is -2.02. The summed E-state index contributed by atoms with van der Waals surface area (Å²) in [6.07, 6.45) is 1.61. The van der Waals surface area contributed by atoms with Crippen LogP contribution in [0.1, 0.15) is 0 Å². The van der Waals surface area contributed by atoms with Gasteiger partial charge in [-0.3, -0.25) is 0 Å². The second-order valence-corrected chi connectivity index (χ2v) is 1.29. The van der Waals surface area contributed by atoms with Crippen molar-refractivity contribution in [3.05, 3.63) is 24.4 Å². The van der Waals surface area contributed by atoms with E-state index < -0.39 is 0 Å². The van der Waals surface area contributed by atoms with Gasteiger partial charge < -0.3 is 4.84 Å². The van der Waals surface area contributed by atoms with Crippen molar-refractivity contribution in [3.63, 3.8) is 0 Å². The lowest BCUT2D eigenvalue weighted by atomic mass is 10.5. The summed E-state index contributed by atoms with van der Waals surface area (Å²) in [5, 5.41) is 0. The van der Waals surface area contributed by atoms with Crippen LogP contribution in [0.2, 0.25) is 0 Å². The number of hydrogen-bond donors (Lipinski definition) is 1. The molecule has 9 heavy (non-hydrogen) atoms. The Labute approximate surface area is 59.2 Å². The lowest BCUT2D eigenvalue weighted by Gasteiger charge is -1.91. The molecule has 1 aromatic rings. The molecule has 0 saturated carbocycles. The van der Waals surface area contributed by atoms with Crippen LogP contribution in [0.15, 0.2) is 24.4 Å².